The van der Waals surface area contributed by atoms with E-state index in [9.17, 15) is 0 Å². The van der Waals surface area contributed by atoms with Gasteiger partial charge in [0.25, 0.3) is 0 Å². The number of nitrogens with one attached hydrogen (secondary N) is 1. The molecule has 1 N–H and O–H groups in total. The van der Waals surface area contributed by atoms with Gasteiger partial charge in [0.15, 0.2) is 0 Å². The van der Waals surface area contributed by atoms with Crippen LogP contribution in [0.1, 0.15) is 39.2 Å². The van der Waals surface area contributed by atoms with Gasteiger partial charge in [-0.05, 0) is 48.9 Å². The van der Waals surface area contributed by atoms with Gasteiger partial charge in [-0.1, -0.05) is 20.8 Å². The Morgan fingerprint density at radius 2 is 2.05 bits per heavy atom. The van der Waals surface area contributed by atoms with E-state index in [1.165, 1.54) is 18.4 Å². The van der Waals surface area contributed by atoms with Crippen LogP contribution in [0.25, 0.3) is 0 Å². The van der Waals surface area contributed by atoms with Crippen molar-refractivity contribution >= 4 is 5.82 Å². The van der Waals surface area contributed by atoms with Crippen molar-refractivity contribution in [1.82, 2.24) is 10.3 Å². The molecule has 0 bridgehead atoms. The Kier molecular flexibility index (Phi) is 5.20. The molecule has 1 aliphatic rings. The minimum Gasteiger partial charge on any atom is -0.356 e. The zero-order chi connectivity index (χ0) is 13.7. The number of anilines is 1. The smallest absolute Gasteiger partial charge is 0.128 e. The normalized spacial score (nSPS) is 23.6. The Hall–Kier alpha value is -1.09. The van der Waals surface area contributed by atoms with Gasteiger partial charge >= 0.3 is 0 Å². The van der Waals surface area contributed by atoms with E-state index in [-0.39, 0.29) is 0 Å². The molecule has 0 saturated carbocycles. The Bertz CT molecular complexity index is 381. The first-order chi connectivity index (χ1) is 9.19. The third-order valence-corrected chi connectivity index (χ3v) is 3.76. The molecule has 2 atom stereocenters. The summed E-state index contributed by atoms with van der Waals surface area (Å²) in [6.45, 7) is 11.2. The molecule has 19 heavy (non-hydrogen) atoms. The Labute approximate surface area is 117 Å². The van der Waals surface area contributed by atoms with Crippen LogP contribution < -0.4 is 10.2 Å². The number of pyridine rings is 1. The quantitative estimate of drug-likeness (QED) is 0.826. The predicted molar refractivity (Wildman–Crippen MR) is 81.4 cm³/mol. The molecular formula is C16H27N3. The van der Waals surface area contributed by atoms with E-state index in [1.807, 2.05) is 6.20 Å². The summed E-state index contributed by atoms with van der Waals surface area (Å²) in [4.78, 5) is 7.00. The van der Waals surface area contributed by atoms with Crippen molar-refractivity contribution in [3.05, 3.63) is 23.9 Å². The van der Waals surface area contributed by atoms with Crippen molar-refractivity contribution in [2.24, 2.45) is 11.8 Å². The van der Waals surface area contributed by atoms with Crippen molar-refractivity contribution in [2.75, 3.05) is 24.5 Å². The molecule has 0 amide bonds. The van der Waals surface area contributed by atoms with Crippen molar-refractivity contribution < 1.29 is 0 Å². The van der Waals surface area contributed by atoms with Crippen LogP contribution >= 0.6 is 0 Å². The number of nitrogens with zero attached hydrogens (tertiary/aromatic N) is 2. The average Bonchev–Trinajstić information content (AvgIpc) is 2.38. The maximum atomic E-state index is 4.56. The molecule has 1 saturated heterocycles. The van der Waals surface area contributed by atoms with Crippen molar-refractivity contribution in [3.8, 4) is 0 Å². The first-order valence-electron chi connectivity index (χ1n) is 7.59. The van der Waals surface area contributed by atoms with E-state index in [4.69, 9.17) is 0 Å². The fraction of sp³-hybridized carbons (Fsp3) is 0.688. The third-order valence-electron chi connectivity index (χ3n) is 3.76. The number of aromatic nitrogens is 1. The van der Waals surface area contributed by atoms with E-state index in [1.54, 1.807) is 0 Å². The first kappa shape index (κ1) is 14.3. The predicted octanol–water partition coefficient (Wildman–Crippen LogP) is 3.06. The van der Waals surface area contributed by atoms with Gasteiger partial charge in [-0.3, -0.25) is 0 Å². The molecule has 3 heteroatoms. The molecule has 0 spiro atoms. The van der Waals surface area contributed by atoms with Gasteiger partial charge in [-0.25, -0.2) is 4.98 Å². The van der Waals surface area contributed by atoms with Crippen LogP contribution in [0.3, 0.4) is 0 Å². The molecule has 1 aromatic heterocycles. The van der Waals surface area contributed by atoms with Crippen LogP contribution in [0.5, 0.6) is 0 Å². The molecule has 0 radical (unpaired) electrons. The SMILES string of the molecule is CCCNCc1ccnc(N2CC(C)CC(C)C2)c1. The second kappa shape index (κ2) is 6.90. The second-order valence-electron chi connectivity index (χ2n) is 6.05. The lowest BCUT2D eigenvalue weighted by molar-refractivity contribution is 0.355. The van der Waals surface area contributed by atoms with Gasteiger partial charge in [-0.2, -0.15) is 0 Å². The van der Waals surface area contributed by atoms with Crippen LogP contribution in [0.4, 0.5) is 5.82 Å². The van der Waals surface area contributed by atoms with Gasteiger partial charge < -0.3 is 10.2 Å². The lowest BCUT2D eigenvalue weighted by Crippen LogP contribution is -2.39. The largest absolute Gasteiger partial charge is 0.356 e. The topological polar surface area (TPSA) is 28.2 Å². The molecule has 0 aliphatic carbocycles. The Balaban J connectivity index is 2.01. The van der Waals surface area contributed by atoms with Crippen LogP contribution in [0, 0.1) is 11.8 Å². The Morgan fingerprint density at radius 3 is 2.74 bits per heavy atom. The molecule has 1 fully saturated rings. The molecule has 2 rings (SSSR count). The monoisotopic (exact) mass is 261 g/mol. The van der Waals surface area contributed by atoms with E-state index in [0.717, 1.165) is 43.8 Å². The molecular weight excluding hydrogens is 234 g/mol. The van der Waals surface area contributed by atoms with Gasteiger partial charge in [0.1, 0.15) is 5.82 Å². The molecule has 1 aliphatic heterocycles. The number of hydrogen-bond acceptors (Lipinski definition) is 3. The highest BCUT2D eigenvalue weighted by Gasteiger charge is 2.22. The molecule has 2 unspecified atom stereocenters. The number of hydrogen-bond donors (Lipinski definition) is 1. The molecule has 106 valence electrons. The van der Waals surface area contributed by atoms with E-state index < -0.39 is 0 Å². The summed E-state index contributed by atoms with van der Waals surface area (Å²) in [7, 11) is 0. The van der Waals surface area contributed by atoms with E-state index >= 15 is 0 Å². The molecule has 1 aromatic rings. The lowest BCUT2D eigenvalue weighted by atomic mass is 9.92. The highest BCUT2D eigenvalue weighted by Crippen LogP contribution is 2.25. The fourth-order valence-electron chi connectivity index (χ4n) is 3.00. The highest BCUT2D eigenvalue weighted by molar-refractivity contribution is 5.41. The van der Waals surface area contributed by atoms with Gasteiger partial charge in [0.2, 0.25) is 0 Å². The van der Waals surface area contributed by atoms with E-state index in [0.29, 0.717) is 0 Å². The van der Waals surface area contributed by atoms with Crippen LogP contribution in [-0.4, -0.2) is 24.6 Å². The second-order valence-corrected chi connectivity index (χ2v) is 6.05. The maximum Gasteiger partial charge on any atom is 0.128 e. The standard InChI is InChI=1S/C16H27N3/c1-4-6-17-10-15-5-7-18-16(9-15)19-11-13(2)8-14(3)12-19/h5,7,9,13-14,17H,4,6,8,10-12H2,1-3H3. The summed E-state index contributed by atoms with van der Waals surface area (Å²) in [6.07, 6.45) is 4.47. The lowest BCUT2D eigenvalue weighted by Gasteiger charge is -2.35. The van der Waals surface area contributed by atoms with Crippen LogP contribution in [0.2, 0.25) is 0 Å². The zero-order valence-electron chi connectivity index (χ0n) is 12.5. The van der Waals surface area contributed by atoms with Gasteiger partial charge in [0, 0.05) is 25.8 Å². The third kappa shape index (κ3) is 4.20. The number of rotatable bonds is 5. The first-order valence-corrected chi connectivity index (χ1v) is 7.59. The molecule has 0 aromatic carbocycles. The fourth-order valence-corrected chi connectivity index (χ4v) is 3.00. The minimum absolute atomic E-state index is 0.771. The molecule has 3 nitrogen and oxygen atoms in total. The minimum atomic E-state index is 0.771. The summed E-state index contributed by atoms with van der Waals surface area (Å²) in [5.74, 6) is 2.69. The summed E-state index contributed by atoms with van der Waals surface area (Å²) in [5, 5.41) is 3.45. The summed E-state index contributed by atoms with van der Waals surface area (Å²) in [6, 6.07) is 4.36. The van der Waals surface area contributed by atoms with Gasteiger partial charge in [-0.15, -0.1) is 0 Å². The molecule has 2 heterocycles. The van der Waals surface area contributed by atoms with Crippen molar-refractivity contribution in [3.63, 3.8) is 0 Å². The van der Waals surface area contributed by atoms with E-state index in [2.05, 4.69) is 48.1 Å². The van der Waals surface area contributed by atoms with Crippen molar-refractivity contribution in [1.29, 1.82) is 0 Å². The average molecular weight is 261 g/mol. The summed E-state index contributed by atoms with van der Waals surface area (Å²) < 4.78 is 0. The number of piperidine rings is 1. The zero-order valence-corrected chi connectivity index (χ0v) is 12.5. The summed E-state index contributed by atoms with van der Waals surface area (Å²) in [5.41, 5.74) is 1.34. The summed E-state index contributed by atoms with van der Waals surface area (Å²) >= 11 is 0. The maximum absolute atomic E-state index is 4.56. The van der Waals surface area contributed by atoms with Gasteiger partial charge in [0.05, 0.1) is 0 Å². The van der Waals surface area contributed by atoms with Crippen LogP contribution in [-0.2, 0) is 6.54 Å². The van der Waals surface area contributed by atoms with Crippen LogP contribution in [0.15, 0.2) is 18.3 Å². The highest BCUT2D eigenvalue weighted by atomic mass is 15.2. The Morgan fingerprint density at radius 1 is 1.32 bits per heavy atom. The van der Waals surface area contributed by atoms with Crippen molar-refractivity contribution in [2.45, 2.75) is 40.2 Å².